The van der Waals surface area contributed by atoms with Gasteiger partial charge >= 0.3 is 0 Å². The smallest absolute Gasteiger partial charge is 0.155 e. The fourth-order valence-corrected chi connectivity index (χ4v) is 5.20. The molecule has 1 aliphatic heterocycles. The van der Waals surface area contributed by atoms with Crippen molar-refractivity contribution in [3.63, 3.8) is 0 Å². The van der Waals surface area contributed by atoms with Crippen molar-refractivity contribution in [2.45, 2.75) is 25.6 Å². The van der Waals surface area contributed by atoms with Gasteiger partial charge in [-0.1, -0.05) is 91.0 Å². The number of aromatic nitrogens is 3. The maximum absolute atomic E-state index is 4.75. The molecule has 0 saturated heterocycles. The number of aryl methyl sites for hydroxylation is 1. The Balaban J connectivity index is 1.62. The highest BCUT2D eigenvalue weighted by Gasteiger charge is 2.45. The summed E-state index contributed by atoms with van der Waals surface area (Å²) in [5.41, 5.74) is 7.68. The van der Waals surface area contributed by atoms with Crippen LogP contribution in [0.2, 0.25) is 0 Å². The van der Waals surface area contributed by atoms with Gasteiger partial charge < -0.3 is 0 Å². The SMILES string of the molecule is Cc1cc2ncc3c(n2n1)CN(C(c1ccccc1)(c1ccccc1)c1ccccc1)C3. The van der Waals surface area contributed by atoms with Crippen molar-refractivity contribution in [1.29, 1.82) is 0 Å². The standard InChI is InChI=1S/C28H24N4/c1-21-17-27-29-18-22-19-31(20-26(22)32(27)30-21)28(23-11-5-2-6-12-23,24-13-7-3-8-14-24)25-15-9-4-10-16-25/h2-18H,19-20H2,1H3. The molecule has 0 spiro atoms. The van der Waals surface area contributed by atoms with E-state index in [4.69, 9.17) is 5.10 Å². The van der Waals surface area contributed by atoms with Gasteiger partial charge in [0.2, 0.25) is 0 Å². The van der Waals surface area contributed by atoms with Crippen LogP contribution in [0.15, 0.2) is 103 Å². The summed E-state index contributed by atoms with van der Waals surface area (Å²) < 4.78 is 2.02. The van der Waals surface area contributed by atoms with Crippen molar-refractivity contribution >= 4 is 5.65 Å². The second-order valence-corrected chi connectivity index (χ2v) is 8.45. The van der Waals surface area contributed by atoms with Crippen LogP contribution >= 0.6 is 0 Å². The van der Waals surface area contributed by atoms with Gasteiger partial charge in [-0.3, -0.25) is 4.90 Å². The van der Waals surface area contributed by atoms with Crippen molar-refractivity contribution in [1.82, 2.24) is 19.5 Å². The van der Waals surface area contributed by atoms with Crippen LogP contribution in [0, 0.1) is 6.92 Å². The Kier molecular flexibility index (Phi) is 4.40. The summed E-state index contributed by atoms with van der Waals surface area (Å²) in [5, 5.41) is 4.75. The zero-order valence-corrected chi connectivity index (χ0v) is 18.0. The first-order valence-corrected chi connectivity index (χ1v) is 11.0. The molecule has 0 radical (unpaired) electrons. The van der Waals surface area contributed by atoms with Crippen molar-refractivity contribution in [2.24, 2.45) is 0 Å². The quantitative estimate of drug-likeness (QED) is 0.371. The van der Waals surface area contributed by atoms with Crippen LogP contribution in [0.25, 0.3) is 5.65 Å². The summed E-state index contributed by atoms with van der Waals surface area (Å²) in [6.45, 7) is 3.61. The Morgan fingerprint density at radius 1 is 0.719 bits per heavy atom. The molecule has 0 saturated carbocycles. The third-order valence-electron chi connectivity index (χ3n) is 6.54. The van der Waals surface area contributed by atoms with E-state index in [0.717, 1.165) is 24.4 Å². The minimum atomic E-state index is -0.433. The normalized spacial score (nSPS) is 14.0. The topological polar surface area (TPSA) is 33.4 Å². The van der Waals surface area contributed by atoms with Crippen molar-refractivity contribution < 1.29 is 0 Å². The maximum atomic E-state index is 4.75. The molecule has 32 heavy (non-hydrogen) atoms. The predicted octanol–water partition coefficient (Wildman–Crippen LogP) is 5.35. The van der Waals surface area contributed by atoms with Gasteiger partial charge in [-0.05, 0) is 23.6 Å². The highest BCUT2D eigenvalue weighted by atomic mass is 15.3. The first-order chi connectivity index (χ1) is 15.8. The van der Waals surface area contributed by atoms with Crippen LogP contribution in [0.4, 0.5) is 0 Å². The molecule has 0 bridgehead atoms. The number of hydrogen-bond donors (Lipinski definition) is 0. The van der Waals surface area contributed by atoms with Crippen molar-refractivity contribution in [2.75, 3.05) is 0 Å². The zero-order chi connectivity index (χ0) is 21.5. The molecular formula is C28H24N4. The monoisotopic (exact) mass is 416 g/mol. The van der Waals surface area contributed by atoms with E-state index in [-0.39, 0.29) is 0 Å². The molecular weight excluding hydrogens is 392 g/mol. The third-order valence-corrected chi connectivity index (χ3v) is 6.54. The van der Waals surface area contributed by atoms with Crippen LogP contribution in [0.1, 0.15) is 33.6 Å². The first kappa shape index (κ1) is 19.0. The van der Waals surface area contributed by atoms with Crippen molar-refractivity contribution in [3.8, 4) is 0 Å². The lowest BCUT2D eigenvalue weighted by Gasteiger charge is -2.43. The zero-order valence-electron chi connectivity index (χ0n) is 18.0. The number of hydrogen-bond acceptors (Lipinski definition) is 3. The molecule has 4 nitrogen and oxygen atoms in total. The molecule has 3 heterocycles. The molecule has 156 valence electrons. The molecule has 2 aromatic heterocycles. The first-order valence-electron chi connectivity index (χ1n) is 11.0. The van der Waals surface area contributed by atoms with Crippen LogP contribution in [0.3, 0.4) is 0 Å². The minimum Gasteiger partial charge on any atom is -0.276 e. The van der Waals surface area contributed by atoms with Gasteiger partial charge in [0, 0.05) is 30.9 Å². The molecule has 6 rings (SSSR count). The van der Waals surface area contributed by atoms with Gasteiger partial charge in [0.05, 0.1) is 16.9 Å². The fourth-order valence-electron chi connectivity index (χ4n) is 5.20. The maximum Gasteiger partial charge on any atom is 0.155 e. The lowest BCUT2D eigenvalue weighted by molar-refractivity contribution is 0.155. The molecule has 3 aromatic carbocycles. The molecule has 0 N–H and O–H groups in total. The van der Waals surface area contributed by atoms with E-state index in [2.05, 4.69) is 101 Å². The molecule has 4 heteroatoms. The average Bonchev–Trinajstić information content (AvgIpc) is 3.45. The Morgan fingerprint density at radius 2 is 1.25 bits per heavy atom. The Hall–Kier alpha value is -3.76. The summed E-state index contributed by atoms with van der Waals surface area (Å²) in [6, 6.07) is 34.6. The molecule has 0 amide bonds. The van der Waals surface area contributed by atoms with E-state index in [1.807, 2.05) is 23.7 Å². The van der Waals surface area contributed by atoms with Crippen LogP contribution in [-0.4, -0.2) is 19.5 Å². The lowest BCUT2D eigenvalue weighted by atomic mass is 9.75. The van der Waals surface area contributed by atoms with Crippen LogP contribution in [-0.2, 0) is 18.6 Å². The molecule has 0 fully saturated rings. The molecule has 1 aliphatic rings. The van der Waals surface area contributed by atoms with E-state index in [0.29, 0.717) is 0 Å². The number of nitrogens with zero attached hydrogens (tertiary/aromatic N) is 4. The Morgan fingerprint density at radius 3 is 1.78 bits per heavy atom. The second kappa shape index (κ2) is 7.43. The third kappa shape index (κ3) is 2.80. The molecule has 5 aromatic rings. The summed E-state index contributed by atoms with van der Waals surface area (Å²) >= 11 is 0. The Bertz CT molecular complexity index is 1280. The van der Waals surface area contributed by atoms with Gasteiger partial charge in [-0.25, -0.2) is 9.50 Å². The number of benzene rings is 3. The van der Waals surface area contributed by atoms with Gasteiger partial charge in [0.1, 0.15) is 0 Å². The van der Waals surface area contributed by atoms with Gasteiger partial charge in [-0.2, -0.15) is 5.10 Å². The van der Waals surface area contributed by atoms with E-state index in [9.17, 15) is 0 Å². The van der Waals surface area contributed by atoms with E-state index in [1.165, 1.54) is 27.9 Å². The summed E-state index contributed by atoms with van der Waals surface area (Å²) in [6.07, 6.45) is 2.03. The van der Waals surface area contributed by atoms with Crippen molar-refractivity contribution in [3.05, 3.63) is 137 Å². The largest absolute Gasteiger partial charge is 0.276 e. The number of rotatable bonds is 4. The van der Waals surface area contributed by atoms with E-state index in [1.54, 1.807) is 0 Å². The molecule has 0 unspecified atom stereocenters. The summed E-state index contributed by atoms with van der Waals surface area (Å²) in [4.78, 5) is 7.25. The number of fused-ring (bicyclic) bond motifs is 3. The molecule has 0 atom stereocenters. The van der Waals surface area contributed by atoms with Crippen LogP contribution < -0.4 is 0 Å². The van der Waals surface area contributed by atoms with E-state index < -0.39 is 5.54 Å². The van der Waals surface area contributed by atoms with Crippen LogP contribution in [0.5, 0.6) is 0 Å². The lowest BCUT2D eigenvalue weighted by Crippen LogP contribution is -2.45. The highest BCUT2D eigenvalue weighted by Crippen LogP contribution is 2.46. The van der Waals surface area contributed by atoms with E-state index >= 15 is 0 Å². The minimum absolute atomic E-state index is 0.433. The highest BCUT2D eigenvalue weighted by molar-refractivity contribution is 5.51. The van der Waals surface area contributed by atoms with Gasteiger partial charge in [-0.15, -0.1) is 0 Å². The Labute approximate surface area is 187 Å². The summed E-state index contributed by atoms with van der Waals surface area (Å²) in [5.74, 6) is 0. The molecule has 0 aliphatic carbocycles. The van der Waals surface area contributed by atoms with Gasteiger partial charge in [0.15, 0.2) is 5.65 Å². The fraction of sp³-hybridized carbons (Fsp3) is 0.143. The van der Waals surface area contributed by atoms with Gasteiger partial charge in [0.25, 0.3) is 0 Å². The second-order valence-electron chi connectivity index (χ2n) is 8.45. The predicted molar refractivity (Wildman–Crippen MR) is 126 cm³/mol. The summed E-state index contributed by atoms with van der Waals surface area (Å²) in [7, 11) is 0. The average molecular weight is 417 g/mol.